The highest BCUT2D eigenvalue weighted by Crippen LogP contribution is 2.27. The van der Waals surface area contributed by atoms with Crippen LogP contribution in [0.5, 0.6) is 0 Å². The summed E-state index contributed by atoms with van der Waals surface area (Å²) in [6, 6.07) is 11.7. The second-order valence-electron chi connectivity index (χ2n) is 5.97. The van der Waals surface area contributed by atoms with Gasteiger partial charge in [-0.1, -0.05) is 56.5 Å². The maximum atomic E-state index is 4.56. The Bertz CT molecular complexity index is 541. The first-order valence-electron chi connectivity index (χ1n) is 8.23. The maximum absolute atomic E-state index is 4.56. The molecule has 0 aliphatic heterocycles. The van der Waals surface area contributed by atoms with Gasteiger partial charge in [-0.15, -0.1) is 0 Å². The standard InChI is InChI=1S/C18H25N3/c1-2-17(15-9-5-3-6-10-15)21-14-13-19-18(21)20-16-11-7-4-8-12-16/h3,5-6,9-10,13-14,16-17H,2,4,7-8,11-12H2,1H3,(H,19,20). The van der Waals surface area contributed by atoms with Crippen molar-refractivity contribution in [2.45, 2.75) is 57.5 Å². The molecule has 0 saturated heterocycles. The van der Waals surface area contributed by atoms with E-state index in [1.807, 2.05) is 6.20 Å². The van der Waals surface area contributed by atoms with Crippen molar-refractivity contribution in [3.63, 3.8) is 0 Å². The van der Waals surface area contributed by atoms with Gasteiger partial charge in [-0.05, 0) is 24.8 Å². The van der Waals surface area contributed by atoms with E-state index in [-0.39, 0.29) is 0 Å². The molecule has 0 radical (unpaired) electrons. The van der Waals surface area contributed by atoms with Gasteiger partial charge in [0.05, 0.1) is 6.04 Å². The van der Waals surface area contributed by atoms with Crippen LogP contribution >= 0.6 is 0 Å². The third-order valence-corrected chi connectivity index (χ3v) is 4.51. The van der Waals surface area contributed by atoms with E-state index in [1.54, 1.807) is 0 Å². The van der Waals surface area contributed by atoms with Crippen LogP contribution in [-0.4, -0.2) is 15.6 Å². The first-order valence-corrected chi connectivity index (χ1v) is 8.23. The molecule has 1 saturated carbocycles. The van der Waals surface area contributed by atoms with Crippen molar-refractivity contribution in [2.24, 2.45) is 0 Å². The Balaban J connectivity index is 1.80. The largest absolute Gasteiger partial charge is 0.353 e. The smallest absolute Gasteiger partial charge is 0.203 e. The molecule has 1 aliphatic rings. The van der Waals surface area contributed by atoms with Crippen LogP contribution in [0.1, 0.15) is 57.1 Å². The normalized spacial score (nSPS) is 17.6. The molecular formula is C18H25N3. The zero-order valence-corrected chi connectivity index (χ0v) is 12.8. The molecule has 2 aromatic rings. The molecule has 112 valence electrons. The lowest BCUT2D eigenvalue weighted by Crippen LogP contribution is -2.25. The number of imidazole rings is 1. The summed E-state index contributed by atoms with van der Waals surface area (Å²) in [5, 5.41) is 3.67. The lowest BCUT2D eigenvalue weighted by molar-refractivity contribution is 0.456. The molecule has 1 aromatic carbocycles. The molecule has 1 heterocycles. The van der Waals surface area contributed by atoms with E-state index >= 15 is 0 Å². The van der Waals surface area contributed by atoms with Gasteiger partial charge in [0.15, 0.2) is 0 Å². The Morgan fingerprint density at radius 1 is 1.19 bits per heavy atom. The molecule has 1 N–H and O–H groups in total. The highest BCUT2D eigenvalue weighted by molar-refractivity contribution is 5.32. The molecule has 1 atom stereocenters. The van der Waals surface area contributed by atoms with Crippen molar-refractivity contribution < 1.29 is 0 Å². The summed E-state index contributed by atoms with van der Waals surface area (Å²) in [4.78, 5) is 4.56. The fourth-order valence-electron chi connectivity index (χ4n) is 3.37. The van der Waals surface area contributed by atoms with Crippen LogP contribution in [0, 0.1) is 0 Å². The minimum absolute atomic E-state index is 0.361. The van der Waals surface area contributed by atoms with E-state index in [0.29, 0.717) is 12.1 Å². The topological polar surface area (TPSA) is 29.9 Å². The van der Waals surface area contributed by atoms with Crippen molar-refractivity contribution in [1.82, 2.24) is 9.55 Å². The van der Waals surface area contributed by atoms with Crippen LogP contribution in [0.15, 0.2) is 42.7 Å². The summed E-state index contributed by atoms with van der Waals surface area (Å²) in [7, 11) is 0. The molecule has 0 amide bonds. The van der Waals surface area contributed by atoms with Crippen LogP contribution < -0.4 is 5.32 Å². The fraction of sp³-hybridized carbons (Fsp3) is 0.500. The number of hydrogen-bond acceptors (Lipinski definition) is 2. The Hall–Kier alpha value is -1.77. The highest BCUT2D eigenvalue weighted by Gasteiger charge is 2.18. The third kappa shape index (κ3) is 3.29. The average molecular weight is 283 g/mol. The van der Waals surface area contributed by atoms with Crippen molar-refractivity contribution in [1.29, 1.82) is 0 Å². The number of benzene rings is 1. The van der Waals surface area contributed by atoms with E-state index in [4.69, 9.17) is 0 Å². The Kier molecular flexibility index (Phi) is 4.59. The Labute approximate surface area is 127 Å². The number of hydrogen-bond donors (Lipinski definition) is 1. The van der Waals surface area contributed by atoms with Crippen molar-refractivity contribution in [2.75, 3.05) is 5.32 Å². The van der Waals surface area contributed by atoms with Gasteiger partial charge in [0.1, 0.15) is 0 Å². The second kappa shape index (κ2) is 6.79. The lowest BCUT2D eigenvalue weighted by Gasteiger charge is -2.26. The van der Waals surface area contributed by atoms with E-state index in [1.165, 1.54) is 37.7 Å². The maximum Gasteiger partial charge on any atom is 0.203 e. The summed E-state index contributed by atoms with van der Waals surface area (Å²) in [6.07, 6.45) is 11.7. The van der Waals surface area contributed by atoms with Crippen molar-refractivity contribution in [3.8, 4) is 0 Å². The highest BCUT2D eigenvalue weighted by atomic mass is 15.2. The first kappa shape index (κ1) is 14.2. The zero-order chi connectivity index (χ0) is 14.5. The molecule has 0 bridgehead atoms. The van der Waals surface area contributed by atoms with Crippen molar-refractivity contribution in [3.05, 3.63) is 48.3 Å². The minimum Gasteiger partial charge on any atom is -0.353 e. The van der Waals surface area contributed by atoms with Crippen molar-refractivity contribution >= 4 is 5.95 Å². The Morgan fingerprint density at radius 2 is 1.95 bits per heavy atom. The van der Waals surface area contributed by atoms with Gasteiger partial charge in [0.2, 0.25) is 5.95 Å². The predicted octanol–water partition coefficient (Wildman–Crippen LogP) is 4.63. The quantitative estimate of drug-likeness (QED) is 0.867. The molecule has 3 rings (SSSR count). The molecule has 3 nitrogen and oxygen atoms in total. The molecule has 1 aromatic heterocycles. The summed E-state index contributed by atoms with van der Waals surface area (Å²) in [5.41, 5.74) is 1.35. The third-order valence-electron chi connectivity index (χ3n) is 4.51. The van der Waals surface area contributed by atoms with Crippen LogP contribution in [0.3, 0.4) is 0 Å². The molecule has 1 fully saturated rings. The molecular weight excluding hydrogens is 258 g/mol. The van der Waals surface area contributed by atoms with Gasteiger partial charge >= 0.3 is 0 Å². The summed E-state index contributed by atoms with van der Waals surface area (Å²) in [6.45, 7) is 2.24. The van der Waals surface area contributed by atoms with Crippen LogP contribution in [0.25, 0.3) is 0 Å². The van der Waals surface area contributed by atoms with E-state index in [0.717, 1.165) is 12.4 Å². The van der Waals surface area contributed by atoms with Gasteiger partial charge in [-0.3, -0.25) is 0 Å². The van der Waals surface area contributed by atoms with Crippen LogP contribution in [0.4, 0.5) is 5.95 Å². The summed E-state index contributed by atoms with van der Waals surface area (Å²) >= 11 is 0. The minimum atomic E-state index is 0.361. The monoisotopic (exact) mass is 283 g/mol. The molecule has 3 heteroatoms. The summed E-state index contributed by atoms with van der Waals surface area (Å²) in [5.74, 6) is 1.03. The number of anilines is 1. The molecule has 0 spiro atoms. The number of nitrogens with one attached hydrogen (secondary N) is 1. The number of nitrogens with zero attached hydrogens (tertiary/aromatic N) is 2. The molecule has 21 heavy (non-hydrogen) atoms. The van der Waals surface area contributed by atoms with Crippen LogP contribution in [-0.2, 0) is 0 Å². The SMILES string of the molecule is CCC(c1ccccc1)n1ccnc1NC1CCCCC1. The van der Waals surface area contributed by atoms with Gasteiger partial charge < -0.3 is 9.88 Å². The van der Waals surface area contributed by atoms with Gasteiger partial charge in [0.25, 0.3) is 0 Å². The predicted molar refractivity (Wildman–Crippen MR) is 87.6 cm³/mol. The van der Waals surface area contributed by atoms with Crippen LogP contribution in [0.2, 0.25) is 0 Å². The average Bonchev–Trinajstić information content (AvgIpc) is 2.98. The Morgan fingerprint density at radius 3 is 2.67 bits per heavy atom. The molecule has 1 aliphatic carbocycles. The van der Waals surface area contributed by atoms with Gasteiger partial charge in [-0.2, -0.15) is 0 Å². The second-order valence-corrected chi connectivity index (χ2v) is 5.97. The fourth-order valence-corrected chi connectivity index (χ4v) is 3.37. The van der Waals surface area contributed by atoms with Gasteiger partial charge in [0, 0.05) is 18.4 Å². The van der Waals surface area contributed by atoms with E-state index < -0.39 is 0 Å². The van der Waals surface area contributed by atoms with E-state index in [2.05, 4.69) is 58.3 Å². The van der Waals surface area contributed by atoms with E-state index in [9.17, 15) is 0 Å². The number of rotatable bonds is 5. The molecule has 1 unspecified atom stereocenters. The van der Waals surface area contributed by atoms with Gasteiger partial charge in [-0.25, -0.2) is 4.98 Å². The lowest BCUT2D eigenvalue weighted by atomic mass is 9.96. The first-order chi connectivity index (χ1) is 10.4. The zero-order valence-electron chi connectivity index (χ0n) is 12.8. The number of aromatic nitrogens is 2. The summed E-state index contributed by atoms with van der Waals surface area (Å²) < 4.78 is 2.30.